The molecule has 2 aromatic rings. The lowest BCUT2D eigenvalue weighted by atomic mass is 10.1. The highest BCUT2D eigenvalue weighted by Gasteiger charge is 2.11. The van der Waals surface area contributed by atoms with Gasteiger partial charge in [0.25, 0.3) is 5.69 Å². The van der Waals surface area contributed by atoms with E-state index in [-0.39, 0.29) is 29.5 Å². The van der Waals surface area contributed by atoms with Crippen LogP contribution in [0.15, 0.2) is 48.5 Å². The Morgan fingerprint density at radius 3 is 2.04 bits per heavy atom. The van der Waals surface area contributed by atoms with E-state index in [9.17, 15) is 19.7 Å². The fourth-order valence-electron chi connectivity index (χ4n) is 2.04. The highest BCUT2D eigenvalue weighted by Crippen LogP contribution is 2.19. The molecule has 0 aliphatic heterocycles. The maximum Gasteiger partial charge on any atom is 0.519 e. The largest absolute Gasteiger partial charge is 0.519 e. The van der Waals surface area contributed by atoms with Crippen molar-refractivity contribution in [2.45, 2.75) is 19.8 Å². The fraction of sp³-hybridized carbons (Fsp3) is 0.222. The average molecular weight is 358 g/mol. The Morgan fingerprint density at radius 1 is 1.00 bits per heavy atom. The molecule has 2 rings (SSSR count). The lowest BCUT2D eigenvalue weighted by Crippen LogP contribution is -2.25. The summed E-state index contributed by atoms with van der Waals surface area (Å²) in [5.74, 6) is 0.317. The van der Waals surface area contributed by atoms with Gasteiger partial charge in [-0.1, -0.05) is 19.1 Å². The van der Waals surface area contributed by atoms with Crippen LogP contribution in [0, 0.1) is 10.1 Å². The number of nitro benzene ring substituents is 1. The number of amides is 1. The highest BCUT2D eigenvalue weighted by atomic mass is 16.7. The minimum atomic E-state index is -0.965. The zero-order valence-corrected chi connectivity index (χ0v) is 14.1. The van der Waals surface area contributed by atoms with Crippen LogP contribution in [-0.2, 0) is 11.2 Å². The van der Waals surface area contributed by atoms with Crippen LogP contribution in [0.4, 0.5) is 10.5 Å². The van der Waals surface area contributed by atoms with Crippen molar-refractivity contribution in [1.29, 1.82) is 0 Å². The Balaban J connectivity index is 1.86. The Morgan fingerprint density at radius 2 is 1.54 bits per heavy atom. The van der Waals surface area contributed by atoms with Crippen LogP contribution in [-0.4, -0.2) is 23.5 Å². The molecule has 0 fully saturated rings. The summed E-state index contributed by atoms with van der Waals surface area (Å²) in [4.78, 5) is 33.4. The second kappa shape index (κ2) is 9.16. The van der Waals surface area contributed by atoms with E-state index in [1.54, 1.807) is 24.3 Å². The first-order chi connectivity index (χ1) is 12.5. The van der Waals surface area contributed by atoms with Gasteiger partial charge in [0.2, 0.25) is 5.91 Å². The molecule has 0 radical (unpaired) electrons. The molecule has 8 heteroatoms. The molecule has 0 unspecified atom stereocenters. The zero-order chi connectivity index (χ0) is 18.9. The van der Waals surface area contributed by atoms with Crippen LogP contribution < -0.4 is 14.8 Å². The number of ether oxygens (including phenoxy) is 2. The van der Waals surface area contributed by atoms with Gasteiger partial charge >= 0.3 is 6.16 Å². The van der Waals surface area contributed by atoms with Gasteiger partial charge in [0.05, 0.1) is 11.3 Å². The van der Waals surface area contributed by atoms with E-state index < -0.39 is 11.1 Å². The third-order valence-electron chi connectivity index (χ3n) is 3.31. The van der Waals surface area contributed by atoms with Gasteiger partial charge in [-0.15, -0.1) is 0 Å². The standard InChI is InChI=1S/C18H18N2O6/c1-2-11-19-17(21)12-13-3-7-15(8-4-13)25-18(22)26-16-9-5-14(6-10-16)20(23)24/h3-10H,2,11-12H2,1H3,(H,19,21). The Hall–Kier alpha value is -3.42. The van der Waals surface area contributed by atoms with E-state index in [0.717, 1.165) is 12.0 Å². The molecule has 1 amide bonds. The molecule has 0 aromatic heterocycles. The van der Waals surface area contributed by atoms with Gasteiger partial charge in [-0.2, -0.15) is 0 Å². The summed E-state index contributed by atoms with van der Waals surface area (Å²) in [5.41, 5.74) is 0.680. The monoisotopic (exact) mass is 358 g/mol. The number of hydrogen-bond acceptors (Lipinski definition) is 6. The predicted octanol–water partition coefficient (Wildman–Crippen LogP) is 3.24. The topological polar surface area (TPSA) is 108 Å². The highest BCUT2D eigenvalue weighted by molar-refractivity contribution is 5.78. The lowest BCUT2D eigenvalue weighted by molar-refractivity contribution is -0.384. The molecular weight excluding hydrogens is 340 g/mol. The molecule has 136 valence electrons. The molecule has 0 spiro atoms. The smallest absolute Gasteiger partial charge is 0.395 e. The molecule has 0 saturated carbocycles. The van der Waals surface area contributed by atoms with Crippen molar-refractivity contribution in [2.24, 2.45) is 0 Å². The second-order valence-electron chi connectivity index (χ2n) is 5.38. The van der Waals surface area contributed by atoms with Gasteiger partial charge in [0, 0.05) is 18.7 Å². The van der Waals surface area contributed by atoms with Crippen LogP contribution in [0.1, 0.15) is 18.9 Å². The van der Waals surface area contributed by atoms with Crippen molar-refractivity contribution in [1.82, 2.24) is 5.32 Å². The lowest BCUT2D eigenvalue weighted by Gasteiger charge is -2.07. The number of nitrogens with zero attached hydrogens (tertiary/aromatic N) is 1. The molecule has 0 heterocycles. The number of non-ortho nitro benzene ring substituents is 1. The molecule has 8 nitrogen and oxygen atoms in total. The summed E-state index contributed by atoms with van der Waals surface area (Å²) in [6.07, 6.45) is 0.149. The van der Waals surface area contributed by atoms with Gasteiger partial charge in [0.15, 0.2) is 0 Å². The minimum absolute atomic E-state index is 0.0712. The summed E-state index contributed by atoms with van der Waals surface area (Å²) in [5, 5.41) is 13.3. The zero-order valence-electron chi connectivity index (χ0n) is 14.1. The van der Waals surface area contributed by atoms with Crippen LogP contribution in [0.2, 0.25) is 0 Å². The van der Waals surface area contributed by atoms with Gasteiger partial charge in [-0.05, 0) is 36.2 Å². The molecular formula is C18H18N2O6. The van der Waals surface area contributed by atoms with Crippen molar-refractivity contribution in [3.63, 3.8) is 0 Å². The van der Waals surface area contributed by atoms with E-state index in [0.29, 0.717) is 6.54 Å². The number of rotatable bonds is 7. The average Bonchev–Trinajstić information content (AvgIpc) is 2.62. The van der Waals surface area contributed by atoms with Crippen LogP contribution in [0.25, 0.3) is 0 Å². The fourth-order valence-corrected chi connectivity index (χ4v) is 2.04. The van der Waals surface area contributed by atoms with Gasteiger partial charge < -0.3 is 14.8 Å². The van der Waals surface area contributed by atoms with Crippen molar-refractivity contribution in [3.05, 3.63) is 64.2 Å². The first kappa shape index (κ1) is 18.9. The first-order valence-electron chi connectivity index (χ1n) is 7.97. The molecule has 0 aliphatic rings. The number of carbonyl (C=O) groups is 2. The molecule has 26 heavy (non-hydrogen) atoms. The Bertz CT molecular complexity index is 771. The maximum atomic E-state index is 11.7. The van der Waals surface area contributed by atoms with E-state index in [1.165, 1.54) is 24.3 Å². The van der Waals surface area contributed by atoms with Crippen molar-refractivity contribution < 1.29 is 24.0 Å². The van der Waals surface area contributed by atoms with E-state index in [2.05, 4.69) is 5.32 Å². The minimum Gasteiger partial charge on any atom is -0.395 e. The number of hydrogen-bond donors (Lipinski definition) is 1. The molecule has 0 saturated heterocycles. The Labute approximate surface area is 149 Å². The second-order valence-corrected chi connectivity index (χ2v) is 5.38. The number of benzene rings is 2. The van der Waals surface area contributed by atoms with Gasteiger partial charge in [-0.3, -0.25) is 14.9 Å². The maximum absolute atomic E-state index is 11.7. The molecule has 2 aromatic carbocycles. The van der Waals surface area contributed by atoms with Crippen LogP contribution in [0.3, 0.4) is 0 Å². The quantitative estimate of drug-likeness (QED) is 0.352. The molecule has 0 atom stereocenters. The normalized spacial score (nSPS) is 10.0. The van der Waals surface area contributed by atoms with Gasteiger partial charge in [-0.25, -0.2) is 4.79 Å². The molecule has 0 bridgehead atoms. The summed E-state index contributed by atoms with van der Waals surface area (Å²) >= 11 is 0. The van der Waals surface area contributed by atoms with E-state index in [1.807, 2.05) is 6.92 Å². The predicted molar refractivity (Wildman–Crippen MR) is 93.2 cm³/mol. The van der Waals surface area contributed by atoms with Gasteiger partial charge in [0.1, 0.15) is 11.5 Å². The third-order valence-corrected chi connectivity index (χ3v) is 3.31. The van der Waals surface area contributed by atoms with Crippen LogP contribution >= 0.6 is 0 Å². The summed E-state index contributed by atoms with van der Waals surface area (Å²) in [7, 11) is 0. The van der Waals surface area contributed by atoms with Crippen molar-refractivity contribution in [2.75, 3.05) is 6.54 Å². The molecule has 0 aliphatic carbocycles. The number of carbonyl (C=O) groups excluding carboxylic acids is 2. The molecule has 1 N–H and O–H groups in total. The van der Waals surface area contributed by atoms with Crippen molar-refractivity contribution >= 4 is 17.7 Å². The number of nitrogens with one attached hydrogen (secondary N) is 1. The number of nitro groups is 1. The summed E-state index contributed by atoms with van der Waals surface area (Å²) < 4.78 is 9.97. The SMILES string of the molecule is CCCNC(=O)Cc1ccc(OC(=O)Oc2ccc([N+](=O)[O-])cc2)cc1. The third kappa shape index (κ3) is 5.90. The van der Waals surface area contributed by atoms with Crippen molar-refractivity contribution in [3.8, 4) is 11.5 Å². The van der Waals surface area contributed by atoms with E-state index in [4.69, 9.17) is 9.47 Å². The summed E-state index contributed by atoms with van der Waals surface area (Å²) in [6, 6.07) is 11.5. The van der Waals surface area contributed by atoms with E-state index >= 15 is 0 Å². The Kier molecular flexibility index (Phi) is 6.67. The van der Waals surface area contributed by atoms with Crippen LogP contribution in [0.5, 0.6) is 11.5 Å². The first-order valence-corrected chi connectivity index (χ1v) is 7.97. The summed E-state index contributed by atoms with van der Waals surface area (Å²) in [6.45, 7) is 2.61.